The van der Waals surface area contributed by atoms with Gasteiger partial charge in [-0.2, -0.15) is 19.9 Å². The van der Waals surface area contributed by atoms with Crippen LogP contribution in [-0.4, -0.2) is 35.4 Å². The zero-order chi connectivity index (χ0) is 24.0. The lowest BCUT2D eigenvalue weighted by atomic mass is 10.1. The van der Waals surface area contributed by atoms with E-state index in [0.717, 1.165) is 20.4 Å². The fourth-order valence-electron chi connectivity index (χ4n) is 3.63. The van der Waals surface area contributed by atoms with E-state index in [0.29, 0.717) is 28.1 Å². The summed E-state index contributed by atoms with van der Waals surface area (Å²) in [6.07, 6.45) is 1.49. The molecule has 34 heavy (non-hydrogen) atoms. The molecule has 0 aliphatic carbocycles. The molecule has 5 rings (SSSR count). The van der Waals surface area contributed by atoms with Gasteiger partial charge in [0.1, 0.15) is 11.2 Å². The van der Waals surface area contributed by atoms with E-state index in [2.05, 4.69) is 48.1 Å². The molecule has 0 unspecified atom stereocenters. The lowest BCUT2D eigenvalue weighted by molar-refractivity contribution is 0.102. The fraction of sp³-hybridized carbons (Fsp3) is 0.125. The zero-order valence-corrected chi connectivity index (χ0v) is 20.8. The smallest absolute Gasteiger partial charge is 0.263 e. The predicted octanol–water partition coefficient (Wildman–Crippen LogP) is 4.08. The minimum Gasteiger partial charge on any atom is -0.306 e. The number of hydrogen-bond acceptors (Lipinski definition) is 5. The minimum atomic E-state index is -0.349. The molecule has 0 aliphatic heterocycles. The van der Waals surface area contributed by atoms with E-state index in [-0.39, 0.29) is 17.4 Å². The number of halogens is 1. The molecule has 0 spiro atoms. The number of nitrogens with one attached hydrogen (secondary N) is 2. The minimum absolute atomic E-state index is 0.175. The monoisotopic (exact) mass is 565 g/mol. The first-order chi connectivity index (χ1) is 16.3. The van der Waals surface area contributed by atoms with Crippen molar-refractivity contribution >= 4 is 45.3 Å². The van der Waals surface area contributed by atoms with Crippen LogP contribution in [-0.2, 0) is 0 Å². The highest BCUT2D eigenvalue weighted by molar-refractivity contribution is 14.1. The van der Waals surface area contributed by atoms with Crippen LogP contribution in [0.2, 0.25) is 0 Å². The van der Waals surface area contributed by atoms with Gasteiger partial charge in [0.2, 0.25) is 5.95 Å². The lowest BCUT2D eigenvalue weighted by Crippen LogP contribution is -2.19. The van der Waals surface area contributed by atoms with E-state index in [4.69, 9.17) is 0 Å². The molecule has 0 aliphatic rings. The Morgan fingerprint density at radius 3 is 2.59 bits per heavy atom. The standard InChI is InChI=1S/C24H20IN7O2/c1-13-8-9-16(10-14(13)2)31-21-18(12-26-31)23(34)29-24(28-21)32-20(11-15(3)30-32)27-22(33)17-6-4-5-7-19(17)25/h4-12H,1-3H3,(H,27,33)(H,28,29,34). The highest BCUT2D eigenvalue weighted by Crippen LogP contribution is 2.21. The molecular weight excluding hydrogens is 545 g/mol. The largest absolute Gasteiger partial charge is 0.306 e. The van der Waals surface area contributed by atoms with Gasteiger partial charge in [-0.25, -0.2) is 4.68 Å². The van der Waals surface area contributed by atoms with Crippen LogP contribution in [0.3, 0.4) is 0 Å². The summed E-state index contributed by atoms with van der Waals surface area (Å²) in [7, 11) is 0. The maximum atomic E-state index is 12.9. The Bertz CT molecular complexity index is 1630. The normalized spacial score (nSPS) is 11.2. The number of carbonyl (C=O) groups is 1. The van der Waals surface area contributed by atoms with Crippen LogP contribution in [0.1, 0.15) is 27.2 Å². The number of fused-ring (bicyclic) bond motifs is 1. The third-order valence-corrected chi connectivity index (χ3v) is 6.49. The SMILES string of the molecule is Cc1cc(NC(=O)c2ccccc2I)n(-c2nc3c(cnn3-c3ccc(C)c(C)c3)c(=O)[nH]2)n1. The van der Waals surface area contributed by atoms with E-state index >= 15 is 0 Å². The number of H-pyrrole nitrogens is 1. The molecule has 0 saturated heterocycles. The van der Waals surface area contributed by atoms with Crippen molar-refractivity contribution in [1.29, 1.82) is 0 Å². The number of carbonyl (C=O) groups excluding carboxylic acids is 1. The molecule has 0 radical (unpaired) electrons. The van der Waals surface area contributed by atoms with Crippen LogP contribution in [0.25, 0.3) is 22.7 Å². The van der Waals surface area contributed by atoms with E-state index < -0.39 is 0 Å². The van der Waals surface area contributed by atoms with Gasteiger partial charge in [0.05, 0.1) is 23.1 Å². The molecule has 0 bridgehead atoms. The molecule has 0 fully saturated rings. The maximum Gasteiger partial charge on any atom is 0.263 e. The summed E-state index contributed by atoms with van der Waals surface area (Å²) in [4.78, 5) is 33.2. The van der Waals surface area contributed by atoms with Crippen LogP contribution >= 0.6 is 22.6 Å². The number of benzene rings is 2. The topological polar surface area (TPSA) is 110 Å². The van der Waals surface area contributed by atoms with Crippen molar-refractivity contribution in [3.8, 4) is 11.6 Å². The number of nitrogens with zero attached hydrogens (tertiary/aromatic N) is 5. The van der Waals surface area contributed by atoms with Crippen LogP contribution in [0.4, 0.5) is 5.82 Å². The van der Waals surface area contributed by atoms with Gasteiger partial charge in [-0.15, -0.1) is 0 Å². The lowest BCUT2D eigenvalue weighted by Gasteiger charge is -2.10. The number of hydrogen-bond donors (Lipinski definition) is 2. The van der Waals surface area contributed by atoms with Crippen LogP contribution in [0.5, 0.6) is 0 Å². The Hall–Kier alpha value is -3.80. The average Bonchev–Trinajstić information content (AvgIpc) is 3.39. The van der Waals surface area contributed by atoms with Gasteiger partial charge in [0, 0.05) is 9.64 Å². The van der Waals surface area contributed by atoms with Gasteiger partial charge in [-0.3, -0.25) is 14.6 Å². The summed E-state index contributed by atoms with van der Waals surface area (Å²) in [5, 5.41) is 12.1. The Labute approximate surface area is 208 Å². The van der Waals surface area contributed by atoms with Gasteiger partial charge in [-0.1, -0.05) is 18.2 Å². The first-order valence-corrected chi connectivity index (χ1v) is 11.6. The molecule has 5 aromatic rings. The van der Waals surface area contributed by atoms with Gasteiger partial charge in [0.15, 0.2) is 5.65 Å². The first-order valence-electron chi connectivity index (χ1n) is 10.5. The predicted molar refractivity (Wildman–Crippen MR) is 138 cm³/mol. The molecule has 2 N–H and O–H groups in total. The Morgan fingerprint density at radius 1 is 1.03 bits per heavy atom. The quantitative estimate of drug-likeness (QED) is 0.319. The second kappa shape index (κ2) is 8.52. The van der Waals surface area contributed by atoms with Gasteiger partial charge in [0.25, 0.3) is 11.5 Å². The third-order valence-electron chi connectivity index (χ3n) is 5.55. The second-order valence-electron chi connectivity index (χ2n) is 7.97. The van der Waals surface area contributed by atoms with Crippen LogP contribution in [0.15, 0.2) is 59.5 Å². The summed E-state index contributed by atoms with van der Waals surface area (Å²) in [5.41, 5.74) is 4.30. The Kier molecular flexibility index (Phi) is 5.52. The van der Waals surface area contributed by atoms with E-state index in [9.17, 15) is 9.59 Å². The number of amides is 1. The number of aromatic nitrogens is 6. The highest BCUT2D eigenvalue weighted by atomic mass is 127. The van der Waals surface area contributed by atoms with Gasteiger partial charge < -0.3 is 5.32 Å². The van der Waals surface area contributed by atoms with Crippen molar-refractivity contribution in [2.45, 2.75) is 20.8 Å². The van der Waals surface area contributed by atoms with Gasteiger partial charge in [-0.05, 0) is 78.8 Å². The van der Waals surface area contributed by atoms with E-state index in [1.54, 1.807) is 29.8 Å². The molecular formula is C24H20IN7O2. The number of rotatable bonds is 4. The first kappa shape index (κ1) is 22.0. The molecule has 0 saturated carbocycles. The number of anilines is 1. The van der Waals surface area contributed by atoms with Crippen molar-refractivity contribution in [1.82, 2.24) is 29.5 Å². The fourth-order valence-corrected chi connectivity index (χ4v) is 4.26. The third kappa shape index (κ3) is 3.89. The van der Waals surface area contributed by atoms with E-state index in [1.165, 1.54) is 10.9 Å². The summed E-state index contributed by atoms with van der Waals surface area (Å²) >= 11 is 2.12. The van der Waals surface area contributed by atoms with Gasteiger partial charge >= 0.3 is 0 Å². The summed E-state index contributed by atoms with van der Waals surface area (Å²) in [6, 6.07) is 14.9. The number of aryl methyl sites for hydroxylation is 3. The van der Waals surface area contributed by atoms with Crippen molar-refractivity contribution in [3.63, 3.8) is 0 Å². The van der Waals surface area contributed by atoms with Crippen molar-refractivity contribution in [2.24, 2.45) is 0 Å². The van der Waals surface area contributed by atoms with E-state index in [1.807, 2.05) is 44.2 Å². The molecule has 0 atom stereocenters. The summed E-state index contributed by atoms with van der Waals surface area (Å²) in [5.74, 6) is 0.283. The second-order valence-corrected chi connectivity index (χ2v) is 9.13. The van der Waals surface area contributed by atoms with Crippen LogP contribution < -0.4 is 10.9 Å². The number of aromatic amines is 1. The Morgan fingerprint density at radius 2 is 1.82 bits per heavy atom. The molecule has 3 heterocycles. The Balaban J connectivity index is 1.60. The van der Waals surface area contributed by atoms with Crippen molar-refractivity contribution in [2.75, 3.05) is 5.32 Å². The molecule has 170 valence electrons. The molecule has 2 aromatic carbocycles. The molecule has 10 heteroatoms. The molecule has 3 aromatic heterocycles. The summed E-state index contributed by atoms with van der Waals surface area (Å²) in [6.45, 7) is 5.85. The van der Waals surface area contributed by atoms with Crippen LogP contribution in [0, 0.1) is 24.3 Å². The van der Waals surface area contributed by atoms with Crippen molar-refractivity contribution < 1.29 is 4.79 Å². The molecule has 1 amide bonds. The van der Waals surface area contributed by atoms with Crippen molar-refractivity contribution in [3.05, 3.63) is 91.0 Å². The highest BCUT2D eigenvalue weighted by Gasteiger charge is 2.18. The average molecular weight is 565 g/mol. The summed E-state index contributed by atoms with van der Waals surface area (Å²) < 4.78 is 3.87. The maximum absolute atomic E-state index is 12.9. The molecule has 9 nitrogen and oxygen atoms in total. The zero-order valence-electron chi connectivity index (χ0n) is 18.6.